The van der Waals surface area contributed by atoms with Crippen molar-refractivity contribution in [2.45, 2.75) is 33.1 Å². The molecule has 0 radical (unpaired) electrons. The number of piperazine rings is 1. The summed E-state index contributed by atoms with van der Waals surface area (Å²) in [6.45, 7) is 6.73. The standard InChI is InChI=1S/C21H29F2N3O2/c1-15-10-16(2)12-18(11-15)21(28)26-5-3-4-17(13-26)20(27)25-8-6-24(7-9-25)14-19(22)23/h10-12,17,19H,3-9,13-14H2,1-2H3. The Balaban J connectivity index is 1.58. The van der Waals surface area contributed by atoms with E-state index in [1.807, 2.05) is 32.0 Å². The van der Waals surface area contributed by atoms with Gasteiger partial charge in [-0.1, -0.05) is 17.2 Å². The number of halogens is 2. The molecule has 1 unspecified atom stereocenters. The van der Waals surface area contributed by atoms with Gasteiger partial charge in [0.2, 0.25) is 5.91 Å². The van der Waals surface area contributed by atoms with Crippen molar-refractivity contribution in [3.63, 3.8) is 0 Å². The molecule has 2 aliphatic rings. The largest absolute Gasteiger partial charge is 0.340 e. The number of carbonyl (C=O) groups is 2. The van der Waals surface area contributed by atoms with Crippen molar-refractivity contribution in [3.8, 4) is 0 Å². The third-order valence-electron chi connectivity index (χ3n) is 5.61. The minimum Gasteiger partial charge on any atom is -0.340 e. The maximum atomic E-state index is 12.9. The van der Waals surface area contributed by atoms with E-state index in [4.69, 9.17) is 0 Å². The number of benzene rings is 1. The smallest absolute Gasteiger partial charge is 0.253 e. The predicted molar refractivity (Wildman–Crippen MR) is 104 cm³/mol. The molecule has 0 aromatic heterocycles. The Hall–Kier alpha value is -2.02. The second-order valence-corrected chi connectivity index (χ2v) is 7.98. The minimum absolute atomic E-state index is 0.0222. The molecule has 7 heteroatoms. The quantitative estimate of drug-likeness (QED) is 0.790. The zero-order valence-corrected chi connectivity index (χ0v) is 16.7. The fourth-order valence-electron chi connectivity index (χ4n) is 4.25. The van der Waals surface area contributed by atoms with E-state index in [0.29, 0.717) is 44.8 Å². The molecule has 2 amide bonds. The van der Waals surface area contributed by atoms with E-state index < -0.39 is 6.43 Å². The van der Waals surface area contributed by atoms with Crippen molar-refractivity contribution < 1.29 is 18.4 Å². The first-order valence-corrected chi connectivity index (χ1v) is 10.0. The molecule has 0 bridgehead atoms. The zero-order valence-electron chi connectivity index (χ0n) is 16.7. The van der Waals surface area contributed by atoms with Crippen LogP contribution in [0.1, 0.15) is 34.3 Å². The lowest BCUT2D eigenvalue weighted by atomic mass is 9.95. The number of hydrogen-bond acceptors (Lipinski definition) is 3. The molecule has 5 nitrogen and oxygen atoms in total. The van der Waals surface area contributed by atoms with Crippen molar-refractivity contribution in [2.75, 3.05) is 45.8 Å². The second-order valence-electron chi connectivity index (χ2n) is 7.98. The summed E-state index contributed by atoms with van der Waals surface area (Å²) in [4.78, 5) is 31.1. The third-order valence-corrected chi connectivity index (χ3v) is 5.61. The van der Waals surface area contributed by atoms with Gasteiger partial charge >= 0.3 is 0 Å². The molecule has 0 saturated carbocycles. The number of alkyl halides is 2. The highest BCUT2D eigenvalue weighted by molar-refractivity contribution is 5.95. The van der Waals surface area contributed by atoms with Crippen molar-refractivity contribution >= 4 is 11.8 Å². The molecule has 2 saturated heterocycles. The summed E-state index contributed by atoms with van der Waals surface area (Å²) < 4.78 is 25.0. The molecule has 0 N–H and O–H groups in total. The molecule has 2 fully saturated rings. The van der Waals surface area contributed by atoms with Crippen molar-refractivity contribution in [2.24, 2.45) is 5.92 Å². The Kier molecular flexibility index (Phi) is 6.65. The number of likely N-dealkylation sites (tertiary alicyclic amines) is 1. The topological polar surface area (TPSA) is 43.9 Å². The third kappa shape index (κ3) is 5.07. The molecule has 2 heterocycles. The van der Waals surface area contributed by atoms with Crippen LogP contribution in [-0.2, 0) is 4.79 Å². The SMILES string of the molecule is Cc1cc(C)cc(C(=O)N2CCCC(C(=O)N3CCN(CC(F)F)CC3)C2)c1. The van der Waals surface area contributed by atoms with Crippen LogP contribution in [0.2, 0.25) is 0 Å². The van der Waals surface area contributed by atoms with Crippen LogP contribution in [0.4, 0.5) is 8.78 Å². The monoisotopic (exact) mass is 393 g/mol. The van der Waals surface area contributed by atoms with Crippen LogP contribution >= 0.6 is 0 Å². The Morgan fingerprint density at radius 3 is 2.25 bits per heavy atom. The predicted octanol–water partition coefficient (Wildman–Crippen LogP) is 2.56. The van der Waals surface area contributed by atoms with Gasteiger partial charge < -0.3 is 9.80 Å². The maximum absolute atomic E-state index is 12.9. The van der Waals surface area contributed by atoms with Gasteiger partial charge in [0.05, 0.1) is 12.5 Å². The molecule has 1 aromatic rings. The van der Waals surface area contributed by atoms with E-state index in [0.717, 1.165) is 24.0 Å². The summed E-state index contributed by atoms with van der Waals surface area (Å²) in [6.07, 6.45) is -0.768. The first-order chi connectivity index (χ1) is 13.3. The Labute approximate surface area is 165 Å². The van der Waals surface area contributed by atoms with E-state index in [1.54, 1.807) is 14.7 Å². The van der Waals surface area contributed by atoms with Crippen LogP contribution in [0, 0.1) is 19.8 Å². The highest BCUT2D eigenvalue weighted by atomic mass is 19.3. The molecule has 154 valence electrons. The molecule has 1 atom stereocenters. The van der Waals surface area contributed by atoms with Crippen LogP contribution < -0.4 is 0 Å². The van der Waals surface area contributed by atoms with Gasteiger partial charge in [0.25, 0.3) is 12.3 Å². The second kappa shape index (κ2) is 8.99. The van der Waals surface area contributed by atoms with Crippen LogP contribution in [0.15, 0.2) is 18.2 Å². The fraction of sp³-hybridized carbons (Fsp3) is 0.619. The number of piperidine rings is 1. The number of aryl methyl sites for hydroxylation is 2. The van der Waals surface area contributed by atoms with Gasteiger partial charge in [-0.05, 0) is 38.8 Å². The van der Waals surface area contributed by atoms with Gasteiger partial charge in [-0.15, -0.1) is 0 Å². The number of carbonyl (C=O) groups excluding carboxylic acids is 2. The van der Waals surface area contributed by atoms with E-state index in [-0.39, 0.29) is 24.3 Å². The summed E-state index contributed by atoms with van der Waals surface area (Å²) in [6, 6.07) is 5.82. The lowest BCUT2D eigenvalue weighted by Gasteiger charge is -2.39. The molecule has 2 aliphatic heterocycles. The molecule has 1 aromatic carbocycles. The first kappa shape index (κ1) is 20.7. The molecule has 28 heavy (non-hydrogen) atoms. The average molecular weight is 393 g/mol. The van der Waals surface area contributed by atoms with Crippen LogP contribution in [-0.4, -0.2) is 78.8 Å². The van der Waals surface area contributed by atoms with Gasteiger partial charge in [0.15, 0.2) is 0 Å². The normalized spacial score (nSPS) is 21.2. The first-order valence-electron chi connectivity index (χ1n) is 10.0. The molecular weight excluding hydrogens is 364 g/mol. The fourth-order valence-corrected chi connectivity index (χ4v) is 4.25. The van der Waals surface area contributed by atoms with Crippen LogP contribution in [0.5, 0.6) is 0 Å². The number of amides is 2. The van der Waals surface area contributed by atoms with E-state index in [2.05, 4.69) is 0 Å². The maximum Gasteiger partial charge on any atom is 0.253 e. The van der Waals surface area contributed by atoms with Crippen molar-refractivity contribution in [1.29, 1.82) is 0 Å². The zero-order chi connectivity index (χ0) is 20.3. The van der Waals surface area contributed by atoms with Gasteiger partial charge in [0, 0.05) is 44.8 Å². The van der Waals surface area contributed by atoms with Gasteiger partial charge in [-0.2, -0.15) is 0 Å². The number of nitrogens with zero attached hydrogens (tertiary/aromatic N) is 3. The van der Waals surface area contributed by atoms with E-state index in [1.165, 1.54) is 0 Å². The summed E-state index contributed by atoms with van der Waals surface area (Å²) in [5, 5.41) is 0. The van der Waals surface area contributed by atoms with Crippen LogP contribution in [0.3, 0.4) is 0 Å². The average Bonchev–Trinajstić information content (AvgIpc) is 2.66. The Morgan fingerprint density at radius 1 is 1.00 bits per heavy atom. The lowest BCUT2D eigenvalue weighted by molar-refractivity contribution is -0.138. The highest BCUT2D eigenvalue weighted by Gasteiger charge is 2.33. The van der Waals surface area contributed by atoms with Gasteiger partial charge in [-0.25, -0.2) is 8.78 Å². The molecule has 0 spiro atoms. The Morgan fingerprint density at radius 2 is 1.64 bits per heavy atom. The van der Waals surface area contributed by atoms with Crippen LogP contribution in [0.25, 0.3) is 0 Å². The summed E-state index contributed by atoms with van der Waals surface area (Å²) in [7, 11) is 0. The van der Waals surface area contributed by atoms with Gasteiger partial charge in [0.1, 0.15) is 0 Å². The highest BCUT2D eigenvalue weighted by Crippen LogP contribution is 2.22. The van der Waals surface area contributed by atoms with E-state index >= 15 is 0 Å². The van der Waals surface area contributed by atoms with Crippen molar-refractivity contribution in [3.05, 3.63) is 34.9 Å². The Bertz CT molecular complexity index is 697. The summed E-state index contributed by atoms with van der Waals surface area (Å²) in [5.74, 6) is -0.175. The number of rotatable bonds is 4. The summed E-state index contributed by atoms with van der Waals surface area (Å²) >= 11 is 0. The van der Waals surface area contributed by atoms with Crippen molar-refractivity contribution in [1.82, 2.24) is 14.7 Å². The van der Waals surface area contributed by atoms with Gasteiger partial charge in [-0.3, -0.25) is 14.5 Å². The molecule has 0 aliphatic carbocycles. The number of hydrogen-bond donors (Lipinski definition) is 0. The molecule has 3 rings (SSSR count). The minimum atomic E-state index is -2.34. The van der Waals surface area contributed by atoms with E-state index in [9.17, 15) is 18.4 Å². The lowest BCUT2D eigenvalue weighted by Crippen LogP contribution is -2.53. The molecular formula is C21H29F2N3O2. The summed E-state index contributed by atoms with van der Waals surface area (Å²) in [5.41, 5.74) is 2.77.